The van der Waals surface area contributed by atoms with Crippen LogP contribution in [0.15, 0.2) is 42.5 Å². The minimum Gasteiger partial charge on any atom is -0.492 e. The van der Waals surface area contributed by atoms with Gasteiger partial charge in [0, 0.05) is 0 Å². The number of aryl methyl sites for hydroxylation is 1. The lowest BCUT2D eigenvalue weighted by Crippen LogP contribution is -2.35. The second kappa shape index (κ2) is 9.73. The molecule has 0 unspecified atom stereocenters. The van der Waals surface area contributed by atoms with Gasteiger partial charge in [-0.1, -0.05) is 53.0 Å². The highest BCUT2D eigenvalue weighted by molar-refractivity contribution is 8.15. The topological polar surface area (TPSA) is 55.8 Å². The van der Waals surface area contributed by atoms with Crippen LogP contribution in [-0.2, 0) is 11.2 Å². The van der Waals surface area contributed by atoms with Crippen molar-refractivity contribution in [3.63, 3.8) is 0 Å². The maximum atomic E-state index is 12.6. The average Bonchev–Trinajstić information content (AvgIpc) is 2.96. The summed E-state index contributed by atoms with van der Waals surface area (Å²) < 4.78 is 11.0. The SMILES string of the molecule is C#CCOc1ccc(C[C@@H]2SC(=O)N(CCOc3ccc(C)cc3)C2=O)cc1Cl. The molecule has 0 bridgehead atoms. The third-order valence-electron chi connectivity index (χ3n) is 4.34. The molecular formula is C22H20ClNO4S. The van der Waals surface area contributed by atoms with Crippen LogP contribution >= 0.6 is 23.4 Å². The molecule has 5 nitrogen and oxygen atoms in total. The molecular weight excluding hydrogens is 410 g/mol. The van der Waals surface area contributed by atoms with Crippen LogP contribution in [0.5, 0.6) is 11.5 Å². The van der Waals surface area contributed by atoms with E-state index in [1.807, 2.05) is 37.3 Å². The molecule has 2 aromatic rings. The first kappa shape index (κ1) is 21.1. The van der Waals surface area contributed by atoms with Crippen molar-refractivity contribution in [3.8, 4) is 23.8 Å². The van der Waals surface area contributed by atoms with Crippen LogP contribution in [0.25, 0.3) is 0 Å². The number of benzene rings is 2. The van der Waals surface area contributed by atoms with Crippen LogP contribution in [0.4, 0.5) is 4.79 Å². The molecule has 1 atom stereocenters. The summed E-state index contributed by atoms with van der Waals surface area (Å²) in [7, 11) is 0. The molecule has 29 heavy (non-hydrogen) atoms. The second-order valence-electron chi connectivity index (χ2n) is 6.49. The minimum atomic E-state index is -0.476. The van der Waals surface area contributed by atoms with Gasteiger partial charge in [0.1, 0.15) is 24.7 Å². The summed E-state index contributed by atoms with van der Waals surface area (Å²) in [5, 5.41) is -0.314. The van der Waals surface area contributed by atoms with E-state index < -0.39 is 5.25 Å². The number of rotatable bonds is 8. The summed E-state index contributed by atoms with van der Waals surface area (Å²) in [5.74, 6) is 3.37. The van der Waals surface area contributed by atoms with E-state index >= 15 is 0 Å². The number of ether oxygens (including phenoxy) is 2. The molecule has 2 aromatic carbocycles. The zero-order valence-electron chi connectivity index (χ0n) is 15.9. The molecule has 0 saturated carbocycles. The number of imide groups is 1. The van der Waals surface area contributed by atoms with Gasteiger partial charge in [-0.15, -0.1) is 6.42 Å². The van der Waals surface area contributed by atoms with Gasteiger partial charge in [-0.25, -0.2) is 0 Å². The summed E-state index contributed by atoms with van der Waals surface area (Å²) in [6.45, 7) is 2.59. The predicted octanol–water partition coefficient (Wildman–Crippen LogP) is 4.35. The molecule has 1 aliphatic rings. The Hall–Kier alpha value is -2.62. The highest BCUT2D eigenvalue weighted by Gasteiger charge is 2.39. The Morgan fingerprint density at radius 1 is 1.17 bits per heavy atom. The van der Waals surface area contributed by atoms with E-state index in [-0.39, 0.29) is 30.9 Å². The normalized spacial score (nSPS) is 16.0. The number of hydrogen-bond donors (Lipinski definition) is 0. The van der Waals surface area contributed by atoms with Crippen molar-refractivity contribution in [1.29, 1.82) is 0 Å². The highest BCUT2D eigenvalue weighted by Crippen LogP contribution is 2.32. The van der Waals surface area contributed by atoms with Gasteiger partial charge >= 0.3 is 0 Å². The first-order valence-corrected chi connectivity index (χ1v) is 10.3. The van der Waals surface area contributed by atoms with Gasteiger partial charge in [0.15, 0.2) is 0 Å². The second-order valence-corrected chi connectivity index (χ2v) is 8.05. The zero-order valence-corrected chi connectivity index (χ0v) is 17.5. The smallest absolute Gasteiger partial charge is 0.289 e. The van der Waals surface area contributed by atoms with Gasteiger partial charge in [0.2, 0.25) is 5.91 Å². The summed E-state index contributed by atoms with van der Waals surface area (Å²) in [6, 6.07) is 12.9. The van der Waals surface area contributed by atoms with Gasteiger partial charge in [-0.05, 0) is 43.2 Å². The molecule has 0 radical (unpaired) electrons. The highest BCUT2D eigenvalue weighted by atomic mass is 35.5. The molecule has 1 heterocycles. The molecule has 0 aliphatic carbocycles. The van der Waals surface area contributed by atoms with Crippen LogP contribution in [0, 0.1) is 19.3 Å². The number of halogens is 1. The third-order valence-corrected chi connectivity index (χ3v) is 5.71. The maximum absolute atomic E-state index is 12.6. The van der Waals surface area contributed by atoms with Gasteiger partial charge in [0.25, 0.3) is 5.24 Å². The van der Waals surface area contributed by atoms with Crippen molar-refractivity contribution in [2.75, 3.05) is 19.8 Å². The monoisotopic (exact) mass is 429 g/mol. The lowest BCUT2D eigenvalue weighted by atomic mass is 10.1. The Bertz CT molecular complexity index is 939. The molecule has 150 valence electrons. The fourth-order valence-corrected chi connectivity index (χ4v) is 4.15. The maximum Gasteiger partial charge on any atom is 0.289 e. The van der Waals surface area contributed by atoms with E-state index in [0.29, 0.717) is 22.9 Å². The molecule has 1 saturated heterocycles. The van der Waals surface area contributed by atoms with Crippen LogP contribution in [0.3, 0.4) is 0 Å². The number of terminal acetylenes is 1. The first-order chi connectivity index (χ1) is 14.0. The van der Waals surface area contributed by atoms with E-state index in [1.54, 1.807) is 12.1 Å². The molecule has 1 fully saturated rings. The third kappa shape index (κ3) is 5.47. The molecule has 1 aliphatic heterocycles. The summed E-state index contributed by atoms with van der Waals surface area (Å²) >= 11 is 7.23. The number of amides is 2. The summed E-state index contributed by atoms with van der Waals surface area (Å²) in [5.41, 5.74) is 1.98. The van der Waals surface area contributed by atoms with E-state index in [1.165, 1.54) is 4.90 Å². The molecule has 3 rings (SSSR count). The van der Waals surface area contributed by atoms with Crippen LogP contribution < -0.4 is 9.47 Å². The van der Waals surface area contributed by atoms with Gasteiger partial charge in [-0.3, -0.25) is 14.5 Å². The van der Waals surface area contributed by atoms with Gasteiger partial charge in [-0.2, -0.15) is 0 Å². The summed E-state index contributed by atoms with van der Waals surface area (Å²) in [6.07, 6.45) is 5.58. The van der Waals surface area contributed by atoms with E-state index in [0.717, 1.165) is 22.9 Å². The number of carbonyl (C=O) groups is 2. The van der Waals surface area contributed by atoms with Crippen molar-refractivity contribution in [3.05, 3.63) is 58.6 Å². The van der Waals surface area contributed by atoms with Crippen LogP contribution in [-0.4, -0.2) is 41.1 Å². The Morgan fingerprint density at radius 2 is 1.93 bits per heavy atom. The Labute approximate surface area is 179 Å². The fourth-order valence-electron chi connectivity index (χ4n) is 2.84. The number of nitrogens with zero attached hydrogens (tertiary/aromatic N) is 1. The fraction of sp³-hybridized carbons (Fsp3) is 0.273. The lowest BCUT2D eigenvalue weighted by Gasteiger charge is -2.15. The Kier molecular flexibility index (Phi) is 7.08. The standard InChI is InChI=1S/C22H20ClNO4S/c1-3-11-28-19-9-6-16(13-18(19)23)14-20-21(25)24(22(26)29-20)10-12-27-17-7-4-15(2)5-8-17/h1,4-9,13,20H,10-12,14H2,2H3/t20-/m0/s1. The van der Waals surface area contributed by atoms with Crippen LogP contribution in [0.2, 0.25) is 5.02 Å². The number of hydrogen-bond acceptors (Lipinski definition) is 5. The minimum absolute atomic E-state index is 0.129. The van der Waals surface area contributed by atoms with Crippen molar-refractivity contribution >= 4 is 34.5 Å². The molecule has 0 aromatic heterocycles. The van der Waals surface area contributed by atoms with Gasteiger partial charge in [0.05, 0.1) is 16.8 Å². The van der Waals surface area contributed by atoms with Crippen molar-refractivity contribution in [2.24, 2.45) is 0 Å². The molecule has 0 spiro atoms. The van der Waals surface area contributed by atoms with E-state index in [9.17, 15) is 9.59 Å². The average molecular weight is 430 g/mol. The number of thioether (sulfide) groups is 1. The largest absolute Gasteiger partial charge is 0.492 e. The Morgan fingerprint density at radius 3 is 2.62 bits per heavy atom. The first-order valence-electron chi connectivity index (χ1n) is 9.04. The lowest BCUT2D eigenvalue weighted by molar-refractivity contribution is -0.126. The van der Waals surface area contributed by atoms with Crippen molar-refractivity contribution in [2.45, 2.75) is 18.6 Å². The van der Waals surface area contributed by atoms with Gasteiger partial charge < -0.3 is 9.47 Å². The van der Waals surface area contributed by atoms with Crippen LogP contribution in [0.1, 0.15) is 11.1 Å². The van der Waals surface area contributed by atoms with E-state index in [2.05, 4.69) is 5.92 Å². The zero-order chi connectivity index (χ0) is 20.8. The molecule has 7 heteroatoms. The van der Waals surface area contributed by atoms with E-state index in [4.69, 9.17) is 27.5 Å². The number of carbonyl (C=O) groups excluding carboxylic acids is 2. The quantitative estimate of drug-likeness (QED) is 0.584. The molecule has 2 amide bonds. The Balaban J connectivity index is 1.55. The van der Waals surface area contributed by atoms with Crippen molar-refractivity contribution < 1.29 is 19.1 Å². The summed E-state index contributed by atoms with van der Waals surface area (Å²) in [4.78, 5) is 26.2. The molecule has 0 N–H and O–H groups in total. The van der Waals surface area contributed by atoms with Crippen molar-refractivity contribution in [1.82, 2.24) is 4.90 Å². The predicted molar refractivity (Wildman–Crippen MR) is 115 cm³/mol.